The summed E-state index contributed by atoms with van der Waals surface area (Å²) < 4.78 is 0. The molecule has 0 amide bonds. The van der Waals surface area contributed by atoms with Gasteiger partial charge in [-0.25, -0.2) is 0 Å². The number of carboxylic acid groups (broad SMARTS) is 1. The van der Waals surface area contributed by atoms with Crippen molar-refractivity contribution < 1.29 is 14.7 Å². The van der Waals surface area contributed by atoms with E-state index in [1.807, 2.05) is 0 Å². The lowest BCUT2D eigenvalue weighted by Crippen LogP contribution is -2.07. The van der Waals surface area contributed by atoms with E-state index in [0.717, 1.165) is 25.7 Å². The zero-order valence-electron chi connectivity index (χ0n) is 17.0. The Labute approximate surface area is 160 Å². The summed E-state index contributed by atoms with van der Waals surface area (Å²) in [5.74, 6) is -0.668. The molecule has 152 valence electrons. The lowest BCUT2D eigenvalue weighted by Gasteiger charge is -2.03. The molecule has 0 spiro atoms. The molecule has 26 heavy (non-hydrogen) atoms. The first-order valence-corrected chi connectivity index (χ1v) is 10.8. The molecule has 4 heteroatoms. The van der Waals surface area contributed by atoms with E-state index >= 15 is 0 Å². The number of unbranched alkanes of at least 4 members (excludes halogenated alkanes) is 15. The Morgan fingerprint density at radius 2 is 0.846 bits per heavy atom. The number of ketones is 1. The molecule has 0 unspecified atom stereocenters. The fraction of sp³-hybridized carbons (Fsp3) is 0.864. The van der Waals surface area contributed by atoms with E-state index in [2.05, 4.69) is 0 Å². The summed E-state index contributed by atoms with van der Waals surface area (Å²) in [6, 6.07) is 0. The first-order chi connectivity index (χ1) is 12.5. The van der Waals surface area contributed by atoms with Crippen molar-refractivity contribution in [3.8, 4) is 0 Å². The lowest BCUT2D eigenvalue weighted by molar-refractivity contribution is -0.137. The molecule has 0 atom stereocenters. The van der Waals surface area contributed by atoms with Gasteiger partial charge in [-0.1, -0.05) is 89.9 Å². The number of carbonyl (C=O) groups excluding carboxylic acids is 1. The predicted molar refractivity (Wildman–Crippen MR) is 109 cm³/mol. The van der Waals surface area contributed by atoms with Gasteiger partial charge in [-0.05, 0) is 19.8 Å². The van der Waals surface area contributed by atoms with E-state index < -0.39 is 5.97 Å². The minimum Gasteiger partial charge on any atom is -0.481 e. The summed E-state index contributed by atoms with van der Waals surface area (Å²) in [5, 5.41) is 15.8. The van der Waals surface area contributed by atoms with Crippen LogP contribution in [0.15, 0.2) is 0 Å². The minimum atomic E-state index is -0.671. The zero-order chi connectivity index (χ0) is 19.5. The van der Waals surface area contributed by atoms with Crippen LogP contribution in [0.5, 0.6) is 0 Å². The smallest absolute Gasteiger partial charge is 0.303 e. The van der Waals surface area contributed by atoms with Crippen molar-refractivity contribution in [2.24, 2.45) is 0 Å². The van der Waals surface area contributed by atoms with Gasteiger partial charge < -0.3 is 10.5 Å². The average molecular weight is 368 g/mol. The van der Waals surface area contributed by atoms with E-state index in [-0.39, 0.29) is 11.5 Å². The summed E-state index contributed by atoms with van der Waals surface area (Å²) in [7, 11) is 0. The van der Waals surface area contributed by atoms with E-state index in [4.69, 9.17) is 10.5 Å². The van der Waals surface area contributed by atoms with Crippen molar-refractivity contribution >= 4 is 17.5 Å². The van der Waals surface area contributed by atoms with Crippen molar-refractivity contribution in [2.45, 2.75) is 122 Å². The Bertz CT molecular complexity index is 380. The summed E-state index contributed by atoms with van der Waals surface area (Å²) >= 11 is 0. The largest absolute Gasteiger partial charge is 0.481 e. The highest BCUT2D eigenvalue weighted by Crippen LogP contribution is 2.14. The van der Waals surface area contributed by atoms with E-state index in [1.54, 1.807) is 6.92 Å². The van der Waals surface area contributed by atoms with Crippen molar-refractivity contribution in [3.63, 3.8) is 0 Å². The Balaban J connectivity index is 3.08. The molecular formula is C22H41NO3. The standard InChI is InChI=1S/C22H41NO3/c1-20(23)21(24)18-16-14-12-10-8-6-4-2-3-5-7-9-11-13-15-17-19-22(25)26/h23H,2-19H2,1H3,(H,25,26). The van der Waals surface area contributed by atoms with Gasteiger partial charge in [0, 0.05) is 12.8 Å². The maximum absolute atomic E-state index is 11.3. The van der Waals surface area contributed by atoms with Crippen LogP contribution in [-0.2, 0) is 9.59 Å². The van der Waals surface area contributed by atoms with Crippen LogP contribution in [-0.4, -0.2) is 22.6 Å². The quantitative estimate of drug-likeness (QED) is 0.185. The fourth-order valence-electron chi connectivity index (χ4n) is 3.22. The third kappa shape index (κ3) is 19.1. The molecule has 0 aromatic heterocycles. The molecule has 0 aromatic rings. The van der Waals surface area contributed by atoms with Crippen LogP contribution in [0.4, 0.5) is 0 Å². The van der Waals surface area contributed by atoms with Gasteiger partial charge in [-0.3, -0.25) is 9.59 Å². The van der Waals surface area contributed by atoms with Gasteiger partial charge >= 0.3 is 5.97 Å². The number of aliphatic carboxylic acids is 1. The highest BCUT2D eigenvalue weighted by atomic mass is 16.4. The van der Waals surface area contributed by atoms with Crippen LogP contribution in [0, 0.1) is 5.41 Å². The van der Waals surface area contributed by atoms with E-state index in [9.17, 15) is 9.59 Å². The van der Waals surface area contributed by atoms with E-state index in [0.29, 0.717) is 12.8 Å². The molecule has 0 fully saturated rings. The van der Waals surface area contributed by atoms with Gasteiger partial charge in [0.1, 0.15) is 0 Å². The molecule has 2 N–H and O–H groups in total. The Morgan fingerprint density at radius 1 is 0.577 bits per heavy atom. The van der Waals surface area contributed by atoms with Crippen molar-refractivity contribution in [3.05, 3.63) is 0 Å². The molecule has 0 aromatic carbocycles. The Kier molecular flexibility index (Phi) is 17.7. The van der Waals surface area contributed by atoms with Crippen molar-refractivity contribution in [1.82, 2.24) is 0 Å². The highest BCUT2D eigenvalue weighted by Gasteiger charge is 2.03. The maximum Gasteiger partial charge on any atom is 0.303 e. The fourth-order valence-corrected chi connectivity index (χ4v) is 3.22. The highest BCUT2D eigenvalue weighted by molar-refractivity contribution is 6.37. The predicted octanol–water partition coefficient (Wildman–Crippen LogP) is 6.70. The molecule has 0 radical (unpaired) electrons. The van der Waals surface area contributed by atoms with Crippen LogP contribution in [0.1, 0.15) is 122 Å². The van der Waals surface area contributed by atoms with Gasteiger partial charge in [-0.15, -0.1) is 0 Å². The summed E-state index contributed by atoms with van der Waals surface area (Å²) in [6.45, 7) is 1.58. The Hall–Kier alpha value is -1.19. The van der Waals surface area contributed by atoms with Crippen molar-refractivity contribution in [1.29, 1.82) is 5.41 Å². The van der Waals surface area contributed by atoms with Crippen LogP contribution < -0.4 is 0 Å². The second-order valence-electron chi connectivity index (χ2n) is 7.60. The van der Waals surface area contributed by atoms with Crippen LogP contribution in [0.3, 0.4) is 0 Å². The Morgan fingerprint density at radius 3 is 1.12 bits per heavy atom. The number of rotatable bonds is 20. The molecule has 0 rings (SSSR count). The molecule has 0 aliphatic rings. The van der Waals surface area contributed by atoms with Gasteiger partial charge in [0.05, 0.1) is 5.71 Å². The van der Waals surface area contributed by atoms with Crippen LogP contribution in [0.25, 0.3) is 0 Å². The van der Waals surface area contributed by atoms with Crippen LogP contribution in [0.2, 0.25) is 0 Å². The molecule has 0 aliphatic carbocycles. The second kappa shape index (κ2) is 18.6. The third-order valence-corrected chi connectivity index (χ3v) is 4.96. The van der Waals surface area contributed by atoms with E-state index in [1.165, 1.54) is 77.0 Å². The van der Waals surface area contributed by atoms with Gasteiger partial charge in [0.2, 0.25) is 0 Å². The molecular weight excluding hydrogens is 326 g/mol. The van der Waals surface area contributed by atoms with Crippen LogP contribution >= 0.6 is 0 Å². The first-order valence-electron chi connectivity index (χ1n) is 10.8. The first kappa shape index (κ1) is 24.8. The lowest BCUT2D eigenvalue weighted by atomic mass is 10.0. The number of carboxylic acids is 1. The normalized spacial score (nSPS) is 10.8. The monoisotopic (exact) mass is 367 g/mol. The number of hydrogen-bond acceptors (Lipinski definition) is 3. The van der Waals surface area contributed by atoms with Crippen molar-refractivity contribution in [2.75, 3.05) is 0 Å². The summed E-state index contributed by atoms with van der Waals surface area (Å²) in [6.07, 6.45) is 20.4. The molecule has 4 nitrogen and oxygen atoms in total. The third-order valence-electron chi connectivity index (χ3n) is 4.96. The van der Waals surface area contributed by atoms with Gasteiger partial charge in [-0.2, -0.15) is 0 Å². The molecule has 0 saturated carbocycles. The molecule has 0 aliphatic heterocycles. The summed E-state index contributed by atoms with van der Waals surface area (Å²) in [5.41, 5.74) is 0.195. The second-order valence-corrected chi connectivity index (χ2v) is 7.60. The number of carbonyl (C=O) groups is 2. The van der Waals surface area contributed by atoms with Gasteiger partial charge in [0.15, 0.2) is 5.78 Å². The number of nitrogens with one attached hydrogen (secondary N) is 1. The topological polar surface area (TPSA) is 78.2 Å². The minimum absolute atomic E-state index is 0.00295. The average Bonchev–Trinajstić information content (AvgIpc) is 2.60. The molecule has 0 heterocycles. The zero-order valence-corrected chi connectivity index (χ0v) is 17.0. The number of Topliss-reactive ketones (excluding diaryl/α,β-unsaturated/α-hetero) is 1. The summed E-state index contributed by atoms with van der Waals surface area (Å²) in [4.78, 5) is 21.7. The molecule has 0 saturated heterocycles. The number of hydrogen-bond donors (Lipinski definition) is 2. The maximum atomic E-state index is 11.3. The molecule has 0 bridgehead atoms. The SMILES string of the molecule is CC(=N)C(=O)CCCCCCCCCCCCCCCCCCC(=O)O. The van der Waals surface area contributed by atoms with Gasteiger partial charge in [0.25, 0.3) is 0 Å².